The fourth-order valence-corrected chi connectivity index (χ4v) is 3.50. The van der Waals surface area contributed by atoms with E-state index < -0.39 is 0 Å². The van der Waals surface area contributed by atoms with Crippen LogP contribution in [0.25, 0.3) is 0 Å². The van der Waals surface area contributed by atoms with Crippen LogP contribution in [0.5, 0.6) is 0 Å². The highest BCUT2D eigenvalue weighted by Gasteiger charge is 2.46. The molecule has 126 valence electrons. The lowest BCUT2D eigenvalue weighted by Gasteiger charge is -2.47. The third-order valence-corrected chi connectivity index (χ3v) is 4.91. The van der Waals surface area contributed by atoms with Crippen molar-refractivity contribution in [3.63, 3.8) is 0 Å². The Labute approximate surface area is 139 Å². The molecule has 2 rings (SSSR count). The minimum atomic E-state index is -0.294. The van der Waals surface area contributed by atoms with Gasteiger partial charge in [-0.05, 0) is 74.3 Å². The number of carbonyl (C=O) groups is 1. The smallest absolute Gasteiger partial charge is 0.143 e. The summed E-state index contributed by atoms with van der Waals surface area (Å²) in [4.78, 5) is 21.9. The Morgan fingerprint density at radius 2 is 1.96 bits per heavy atom. The van der Waals surface area contributed by atoms with E-state index in [1.807, 2.05) is 32.1 Å². The summed E-state index contributed by atoms with van der Waals surface area (Å²) < 4.78 is 0. The van der Waals surface area contributed by atoms with Gasteiger partial charge in [-0.1, -0.05) is 32.1 Å². The zero-order chi connectivity index (χ0) is 17.1. The van der Waals surface area contributed by atoms with Crippen molar-refractivity contribution in [1.29, 1.82) is 0 Å². The zero-order valence-corrected chi connectivity index (χ0v) is 14.9. The average Bonchev–Trinajstić information content (AvgIpc) is 2.46. The highest BCUT2D eigenvalue weighted by atomic mass is 17.2. The summed E-state index contributed by atoms with van der Waals surface area (Å²) in [5.41, 5.74) is 3.20. The summed E-state index contributed by atoms with van der Waals surface area (Å²) in [7, 11) is 0. The average molecular weight is 316 g/mol. The number of hydrogen-bond donors (Lipinski definition) is 0. The highest BCUT2D eigenvalue weighted by Crippen LogP contribution is 2.49. The van der Waals surface area contributed by atoms with Gasteiger partial charge in [0.1, 0.15) is 18.0 Å². The second-order valence-corrected chi connectivity index (χ2v) is 7.47. The normalized spacial score (nSPS) is 31.7. The Morgan fingerprint density at radius 1 is 1.22 bits per heavy atom. The van der Waals surface area contributed by atoms with Gasteiger partial charge in [-0.2, -0.15) is 0 Å². The Morgan fingerprint density at radius 3 is 2.65 bits per heavy atom. The van der Waals surface area contributed by atoms with E-state index in [1.54, 1.807) is 0 Å². The van der Waals surface area contributed by atoms with Gasteiger partial charge in [-0.15, -0.1) is 0 Å². The Bertz CT molecular complexity index is 578. The molecule has 1 saturated carbocycles. The van der Waals surface area contributed by atoms with Gasteiger partial charge in [0.25, 0.3) is 0 Å². The molecule has 1 aliphatic heterocycles. The molecule has 3 heteroatoms. The second-order valence-electron chi connectivity index (χ2n) is 7.47. The summed E-state index contributed by atoms with van der Waals surface area (Å²) in [6.07, 6.45) is 13.6. The topological polar surface area (TPSA) is 35.5 Å². The van der Waals surface area contributed by atoms with Gasteiger partial charge >= 0.3 is 0 Å². The molecule has 0 amide bonds. The monoisotopic (exact) mass is 316 g/mol. The first-order valence-corrected chi connectivity index (χ1v) is 8.33. The van der Waals surface area contributed by atoms with Crippen LogP contribution in [0.15, 0.2) is 47.1 Å². The van der Waals surface area contributed by atoms with E-state index in [0.717, 1.165) is 30.3 Å². The largest absolute Gasteiger partial charge is 0.299 e. The molecule has 0 saturated heterocycles. The van der Waals surface area contributed by atoms with E-state index in [1.165, 1.54) is 18.1 Å². The van der Waals surface area contributed by atoms with Crippen molar-refractivity contribution in [3.8, 4) is 0 Å². The molecule has 2 atom stereocenters. The van der Waals surface area contributed by atoms with Crippen LogP contribution >= 0.6 is 0 Å². The first-order valence-electron chi connectivity index (χ1n) is 8.33. The molecular formula is C20H28O3. The molecule has 3 nitrogen and oxygen atoms in total. The standard InChI is InChI=1S/C20H28O3/c1-15(10-13-21)8-6-9-16(2)17-14-18-19(3,4)11-7-12-20(18,5)23-22-17/h6,8-10,13-14,17H,7,11-12H2,1-5H3/b8-6+,15-10+,16-9+. The van der Waals surface area contributed by atoms with Crippen LogP contribution in [0.4, 0.5) is 0 Å². The quantitative estimate of drug-likeness (QED) is 0.244. The molecule has 2 aliphatic rings. The summed E-state index contributed by atoms with van der Waals surface area (Å²) in [6, 6.07) is 0. The van der Waals surface area contributed by atoms with Gasteiger partial charge in [-0.25, -0.2) is 9.78 Å². The van der Waals surface area contributed by atoms with Crippen LogP contribution in [0.2, 0.25) is 0 Å². The van der Waals surface area contributed by atoms with E-state index in [9.17, 15) is 4.79 Å². The van der Waals surface area contributed by atoms with Crippen LogP contribution in [-0.2, 0) is 14.6 Å². The molecule has 1 fully saturated rings. The molecule has 0 aromatic heterocycles. The summed E-state index contributed by atoms with van der Waals surface area (Å²) in [6.45, 7) is 10.6. The lowest BCUT2D eigenvalue weighted by Crippen LogP contribution is -2.46. The summed E-state index contributed by atoms with van der Waals surface area (Å²) in [5.74, 6) is 0. The van der Waals surface area contributed by atoms with Crippen LogP contribution in [0.3, 0.4) is 0 Å². The third kappa shape index (κ3) is 4.10. The van der Waals surface area contributed by atoms with Crippen molar-refractivity contribution in [2.45, 2.75) is 65.6 Å². The Balaban J connectivity index is 2.20. The van der Waals surface area contributed by atoms with E-state index in [0.29, 0.717) is 0 Å². The Hall–Kier alpha value is -1.45. The molecule has 1 heterocycles. The van der Waals surface area contributed by atoms with Gasteiger partial charge in [0.15, 0.2) is 0 Å². The van der Waals surface area contributed by atoms with Gasteiger partial charge in [0, 0.05) is 0 Å². The molecule has 1 aliphatic carbocycles. The molecule has 0 aromatic rings. The molecular weight excluding hydrogens is 288 g/mol. The molecule has 2 unspecified atom stereocenters. The first kappa shape index (κ1) is 17.9. The van der Waals surface area contributed by atoms with Gasteiger partial charge < -0.3 is 0 Å². The van der Waals surface area contributed by atoms with E-state index in [4.69, 9.17) is 9.78 Å². The minimum absolute atomic E-state index is 0.147. The third-order valence-electron chi connectivity index (χ3n) is 4.91. The second kappa shape index (κ2) is 6.98. The van der Waals surface area contributed by atoms with E-state index in [-0.39, 0.29) is 17.1 Å². The SMILES string of the molecule is CC(/C=C/C=C(\C)C1C=C2C(C)(C)CCCC2(C)OO1)=C\C=O. The molecule has 0 aromatic carbocycles. The summed E-state index contributed by atoms with van der Waals surface area (Å²) >= 11 is 0. The molecule has 0 radical (unpaired) electrons. The molecule has 0 bridgehead atoms. The van der Waals surface area contributed by atoms with Crippen molar-refractivity contribution in [2.24, 2.45) is 5.41 Å². The lowest BCUT2D eigenvalue weighted by atomic mass is 9.65. The van der Waals surface area contributed by atoms with Crippen molar-refractivity contribution in [3.05, 3.63) is 47.1 Å². The number of rotatable bonds is 4. The molecule has 0 spiro atoms. The number of aldehydes is 1. The van der Waals surface area contributed by atoms with E-state index >= 15 is 0 Å². The number of carbonyl (C=O) groups excluding carboxylic acids is 1. The maximum atomic E-state index is 10.4. The van der Waals surface area contributed by atoms with Crippen LogP contribution in [0.1, 0.15) is 53.9 Å². The fourth-order valence-electron chi connectivity index (χ4n) is 3.50. The Kier molecular flexibility index (Phi) is 5.43. The van der Waals surface area contributed by atoms with Crippen molar-refractivity contribution in [2.75, 3.05) is 0 Å². The van der Waals surface area contributed by atoms with Gasteiger partial charge in [-0.3, -0.25) is 4.79 Å². The highest BCUT2D eigenvalue weighted by molar-refractivity contribution is 5.66. The van der Waals surface area contributed by atoms with Crippen LogP contribution in [-0.4, -0.2) is 18.0 Å². The van der Waals surface area contributed by atoms with Crippen LogP contribution in [0, 0.1) is 5.41 Å². The van der Waals surface area contributed by atoms with Crippen molar-refractivity contribution < 1.29 is 14.6 Å². The predicted molar refractivity (Wildman–Crippen MR) is 92.8 cm³/mol. The van der Waals surface area contributed by atoms with Crippen LogP contribution < -0.4 is 0 Å². The number of fused-ring (bicyclic) bond motifs is 1. The van der Waals surface area contributed by atoms with E-state index in [2.05, 4.69) is 26.8 Å². The predicted octanol–water partition coefficient (Wildman–Crippen LogP) is 4.86. The molecule has 0 N–H and O–H groups in total. The zero-order valence-electron chi connectivity index (χ0n) is 14.9. The van der Waals surface area contributed by atoms with Gasteiger partial charge in [0.2, 0.25) is 0 Å². The number of hydrogen-bond acceptors (Lipinski definition) is 3. The molecule has 23 heavy (non-hydrogen) atoms. The number of allylic oxidation sites excluding steroid dienone is 5. The first-order chi connectivity index (χ1) is 10.8. The maximum absolute atomic E-state index is 10.4. The van der Waals surface area contributed by atoms with Gasteiger partial charge in [0.05, 0.1) is 0 Å². The summed E-state index contributed by atoms with van der Waals surface area (Å²) in [5, 5.41) is 0. The fraction of sp³-hybridized carbons (Fsp3) is 0.550. The van der Waals surface area contributed by atoms with Crippen molar-refractivity contribution in [1.82, 2.24) is 0 Å². The maximum Gasteiger partial charge on any atom is 0.143 e. The minimum Gasteiger partial charge on any atom is -0.299 e. The van der Waals surface area contributed by atoms with Crippen molar-refractivity contribution >= 4 is 6.29 Å². The lowest BCUT2D eigenvalue weighted by molar-refractivity contribution is -0.372.